The Hall–Kier alpha value is -2.02. The van der Waals surface area contributed by atoms with Crippen LogP contribution in [-0.2, 0) is 20.7 Å². The first kappa shape index (κ1) is 21.0. The summed E-state index contributed by atoms with van der Waals surface area (Å²) in [7, 11) is 0. The maximum Gasteiger partial charge on any atom is 0.407 e. The number of carbonyl (C=O) groups excluding carboxylic acids is 3. The molecule has 6 nitrogen and oxygen atoms in total. The van der Waals surface area contributed by atoms with Gasteiger partial charge in [0, 0.05) is 24.9 Å². The van der Waals surface area contributed by atoms with Crippen LogP contribution < -0.4 is 10.6 Å². The van der Waals surface area contributed by atoms with Crippen molar-refractivity contribution in [3.05, 3.63) is 29.8 Å². The van der Waals surface area contributed by atoms with Crippen molar-refractivity contribution in [1.82, 2.24) is 10.6 Å². The van der Waals surface area contributed by atoms with Crippen molar-refractivity contribution in [3.63, 3.8) is 0 Å². The molecule has 1 aromatic rings. The topological polar surface area (TPSA) is 84.5 Å². The fourth-order valence-corrected chi connectivity index (χ4v) is 2.51. The minimum absolute atomic E-state index is 0.0329. The summed E-state index contributed by atoms with van der Waals surface area (Å²) in [4.78, 5) is 35.2. The third-order valence-electron chi connectivity index (χ3n) is 2.89. The summed E-state index contributed by atoms with van der Waals surface area (Å²) in [5.41, 5.74) is 0.369. The lowest BCUT2D eigenvalue weighted by atomic mass is 10.1. The van der Waals surface area contributed by atoms with Crippen LogP contribution in [0.5, 0.6) is 0 Å². The standard InChI is InChI=1S/C18H26N2O4S/c1-13(21)25-15-8-6-14(7-9-15)12-16(22)19-10-5-11-20-17(23)24-18(2,3)4/h6-9H,5,10-12H2,1-4H3,(H,19,22)(H,20,23). The SMILES string of the molecule is CC(=O)Sc1ccc(CC(=O)NCCCNC(=O)OC(C)(C)C)cc1. The van der Waals surface area contributed by atoms with Gasteiger partial charge in [0.25, 0.3) is 0 Å². The Morgan fingerprint density at radius 2 is 1.64 bits per heavy atom. The normalized spacial score (nSPS) is 10.9. The number of carbonyl (C=O) groups is 3. The van der Waals surface area contributed by atoms with E-state index in [0.29, 0.717) is 19.5 Å². The Bertz CT molecular complexity index is 594. The summed E-state index contributed by atoms with van der Waals surface area (Å²) in [6, 6.07) is 7.35. The minimum atomic E-state index is -0.517. The van der Waals surface area contributed by atoms with E-state index in [9.17, 15) is 14.4 Å². The second kappa shape index (κ2) is 10.1. The number of thioether (sulfide) groups is 1. The molecule has 0 fully saturated rings. The molecule has 25 heavy (non-hydrogen) atoms. The van der Waals surface area contributed by atoms with Crippen molar-refractivity contribution in [1.29, 1.82) is 0 Å². The molecule has 0 unspecified atom stereocenters. The lowest BCUT2D eigenvalue weighted by Crippen LogP contribution is -2.34. The average molecular weight is 366 g/mol. The van der Waals surface area contributed by atoms with Crippen LogP contribution in [0.1, 0.15) is 39.7 Å². The van der Waals surface area contributed by atoms with Gasteiger partial charge >= 0.3 is 6.09 Å². The van der Waals surface area contributed by atoms with Gasteiger partial charge in [0.1, 0.15) is 5.60 Å². The summed E-state index contributed by atoms with van der Waals surface area (Å²) >= 11 is 1.17. The minimum Gasteiger partial charge on any atom is -0.444 e. The Kier molecular flexibility index (Phi) is 8.48. The molecule has 0 heterocycles. The van der Waals surface area contributed by atoms with E-state index in [0.717, 1.165) is 10.5 Å². The van der Waals surface area contributed by atoms with Crippen LogP contribution in [0.3, 0.4) is 0 Å². The lowest BCUT2D eigenvalue weighted by Gasteiger charge is -2.19. The predicted octanol–water partition coefficient (Wildman–Crippen LogP) is 2.90. The van der Waals surface area contributed by atoms with Gasteiger partial charge in [0.15, 0.2) is 5.12 Å². The monoisotopic (exact) mass is 366 g/mol. The molecular weight excluding hydrogens is 340 g/mol. The summed E-state index contributed by atoms with van der Waals surface area (Å²) in [6.07, 6.45) is 0.450. The molecule has 0 spiro atoms. The van der Waals surface area contributed by atoms with Gasteiger partial charge in [-0.2, -0.15) is 0 Å². The molecule has 0 bridgehead atoms. The highest BCUT2D eigenvalue weighted by atomic mass is 32.2. The number of benzene rings is 1. The predicted molar refractivity (Wildman–Crippen MR) is 98.5 cm³/mol. The molecule has 138 valence electrons. The third-order valence-corrected chi connectivity index (χ3v) is 3.69. The van der Waals surface area contributed by atoms with Crippen molar-refractivity contribution in [2.24, 2.45) is 0 Å². The molecule has 0 aliphatic carbocycles. The van der Waals surface area contributed by atoms with Gasteiger partial charge in [-0.3, -0.25) is 9.59 Å². The quantitative estimate of drug-likeness (QED) is 0.572. The molecule has 7 heteroatoms. The molecule has 0 aromatic heterocycles. The molecule has 1 rings (SSSR count). The second-order valence-corrected chi connectivity index (χ2v) is 7.80. The van der Waals surface area contributed by atoms with E-state index in [-0.39, 0.29) is 17.4 Å². The first-order valence-electron chi connectivity index (χ1n) is 8.16. The van der Waals surface area contributed by atoms with E-state index < -0.39 is 11.7 Å². The first-order valence-corrected chi connectivity index (χ1v) is 8.98. The molecule has 2 N–H and O–H groups in total. The number of amides is 2. The van der Waals surface area contributed by atoms with Crippen LogP contribution in [0, 0.1) is 0 Å². The van der Waals surface area contributed by atoms with Crippen LogP contribution in [0.25, 0.3) is 0 Å². The zero-order valence-corrected chi connectivity index (χ0v) is 16.0. The molecule has 0 aliphatic rings. The van der Waals surface area contributed by atoms with Crippen LogP contribution in [0.15, 0.2) is 29.2 Å². The van der Waals surface area contributed by atoms with Gasteiger partial charge in [-0.25, -0.2) is 4.79 Å². The largest absolute Gasteiger partial charge is 0.444 e. The van der Waals surface area contributed by atoms with E-state index in [1.165, 1.54) is 18.7 Å². The maximum atomic E-state index is 11.9. The van der Waals surface area contributed by atoms with Crippen molar-refractivity contribution in [3.8, 4) is 0 Å². The Balaban J connectivity index is 2.20. The Morgan fingerprint density at radius 1 is 1.04 bits per heavy atom. The highest BCUT2D eigenvalue weighted by Gasteiger charge is 2.15. The van der Waals surface area contributed by atoms with Gasteiger partial charge in [0.2, 0.25) is 5.91 Å². The fraction of sp³-hybridized carbons (Fsp3) is 0.500. The van der Waals surface area contributed by atoms with Gasteiger partial charge in [-0.1, -0.05) is 23.9 Å². The fourth-order valence-electron chi connectivity index (χ4n) is 1.91. The molecule has 0 saturated heterocycles. The number of ether oxygens (including phenoxy) is 1. The molecule has 0 atom stereocenters. The maximum absolute atomic E-state index is 11.9. The molecule has 0 aliphatic heterocycles. The molecule has 0 saturated carbocycles. The first-order chi connectivity index (χ1) is 11.7. The van der Waals surface area contributed by atoms with Crippen LogP contribution >= 0.6 is 11.8 Å². The molecule has 2 amide bonds. The number of alkyl carbamates (subject to hydrolysis) is 1. The van der Waals surface area contributed by atoms with Crippen LogP contribution in [-0.4, -0.2) is 35.8 Å². The Morgan fingerprint density at radius 3 is 2.20 bits per heavy atom. The van der Waals surface area contributed by atoms with E-state index in [4.69, 9.17) is 4.74 Å². The van der Waals surface area contributed by atoms with Gasteiger partial charge in [0.05, 0.1) is 6.42 Å². The average Bonchev–Trinajstić information content (AvgIpc) is 2.46. The van der Waals surface area contributed by atoms with Crippen LogP contribution in [0.2, 0.25) is 0 Å². The number of nitrogens with one attached hydrogen (secondary N) is 2. The number of hydrogen-bond donors (Lipinski definition) is 2. The number of rotatable bonds is 7. The molecule has 0 radical (unpaired) electrons. The van der Waals surface area contributed by atoms with E-state index in [2.05, 4.69) is 10.6 Å². The van der Waals surface area contributed by atoms with E-state index in [1.807, 2.05) is 24.3 Å². The summed E-state index contributed by atoms with van der Waals surface area (Å²) in [5.74, 6) is -0.0794. The Labute approximate surface area is 153 Å². The van der Waals surface area contributed by atoms with E-state index in [1.54, 1.807) is 20.8 Å². The van der Waals surface area contributed by atoms with E-state index >= 15 is 0 Å². The summed E-state index contributed by atoms with van der Waals surface area (Å²) in [6.45, 7) is 7.84. The van der Waals surface area contributed by atoms with Crippen molar-refractivity contribution < 1.29 is 19.1 Å². The van der Waals surface area contributed by atoms with Gasteiger partial charge in [-0.05, 0) is 44.9 Å². The van der Waals surface area contributed by atoms with Crippen molar-refractivity contribution in [2.45, 2.75) is 51.0 Å². The zero-order valence-electron chi connectivity index (χ0n) is 15.2. The van der Waals surface area contributed by atoms with Gasteiger partial charge in [-0.15, -0.1) is 0 Å². The molecule has 1 aromatic carbocycles. The molecular formula is C18H26N2O4S. The van der Waals surface area contributed by atoms with Gasteiger partial charge < -0.3 is 15.4 Å². The third kappa shape index (κ3) is 10.4. The smallest absolute Gasteiger partial charge is 0.407 e. The zero-order chi connectivity index (χ0) is 18.9. The van der Waals surface area contributed by atoms with Crippen molar-refractivity contribution >= 4 is 28.9 Å². The summed E-state index contributed by atoms with van der Waals surface area (Å²) < 4.78 is 5.12. The summed E-state index contributed by atoms with van der Waals surface area (Å²) in [5, 5.41) is 5.48. The van der Waals surface area contributed by atoms with Crippen LogP contribution in [0.4, 0.5) is 4.79 Å². The number of hydrogen-bond acceptors (Lipinski definition) is 5. The second-order valence-electron chi connectivity index (χ2n) is 6.55. The highest BCUT2D eigenvalue weighted by Crippen LogP contribution is 2.19. The highest BCUT2D eigenvalue weighted by molar-refractivity contribution is 8.13. The lowest BCUT2D eigenvalue weighted by molar-refractivity contribution is -0.120. The van der Waals surface area contributed by atoms with Crippen molar-refractivity contribution in [2.75, 3.05) is 13.1 Å².